The molecule has 0 aliphatic carbocycles. The fourth-order valence-electron chi connectivity index (χ4n) is 3.75. The van der Waals surface area contributed by atoms with E-state index in [1.807, 2.05) is 26.8 Å². The van der Waals surface area contributed by atoms with Gasteiger partial charge in [0, 0.05) is 6.92 Å². The van der Waals surface area contributed by atoms with Crippen LogP contribution in [0.5, 0.6) is 0 Å². The van der Waals surface area contributed by atoms with Gasteiger partial charge < -0.3 is 14.5 Å². The number of carbonyl (C=O) groups excluding carboxylic acids is 2. The number of nitrogens with one attached hydrogen (secondary N) is 1. The van der Waals surface area contributed by atoms with Gasteiger partial charge in [-0.25, -0.2) is 4.79 Å². The highest BCUT2D eigenvalue weighted by Gasteiger charge is 2.42. The summed E-state index contributed by atoms with van der Waals surface area (Å²) in [5.74, 6) is -0.728. The van der Waals surface area contributed by atoms with Crippen LogP contribution in [0.15, 0.2) is 12.2 Å². The zero-order chi connectivity index (χ0) is 27.8. The summed E-state index contributed by atoms with van der Waals surface area (Å²) in [5, 5.41) is 2.78. The molecule has 0 aromatic rings. The Balaban J connectivity index is 5.00. The highest BCUT2D eigenvalue weighted by molar-refractivity contribution is 6.74. The van der Waals surface area contributed by atoms with Crippen molar-refractivity contribution in [2.24, 2.45) is 0 Å². The van der Waals surface area contributed by atoms with Crippen molar-refractivity contribution < 1.29 is 18.8 Å². The van der Waals surface area contributed by atoms with Gasteiger partial charge in [0.1, 0.15) is 5.60 Å². The Morgan fingerprint density at radius 3 is 1.72 bits per heavy atom. The van der Waals surface area contributed by atoms with E-state index in [1.165, 1.54) is 71.1 Å². The van der Waals surface area contributed by atoms with Gasteiger partial charge in [0.15, 0.2) is 14.4 Å². The molecule has 0 spiro atoms. The number of hydrogen-bond acceptors (Lipinski definition) is 4. The van der Waals surface area contributed by atoms with Crippen molar-refractivity contribution in [1.82, 2.24) is 5.32 Å². The smallest absolute Gasteiger partial charge is 0.332 e. The number of ether oxygens (including phenoxy) is 1. The average Bonchev–Trinajstić information content (AvgIpc) is 2.72. The van der Waals surface area contributed by atoms with E-state index < -0.39 is 32.0 Å². The molecule has 0 aliphatic heterocycles. The Labute approximate surface area is 224 Å². The van der Waals surface area contributed by atoms with Crippen molar-refractivity contribution in [2.45, 2.75) is 168 Å². The summed E-state index contributed by atoms with van der Waals surface area (Å²) in [7, 11) is -2.20. The van der Waals surface area contributed by atoms with Crippen LogP contribution in [0.3, 0.4) is 0 Å². The number of allylic oxidation sites excluding steroid dienone is 1. The fourth-order valence-corrected chi connectivity index (χ4v) is 5.00. The van der Waals surface area contributed by atoms with E-state index >= 15 is 0 Å². The van der Waals surface area contributed by atoms with Crippen LogP contribution in [0.2, 0.25) is 18.1 Å². The number of rotatable bonds is 18. The molecule has 0 saturated heterocycles. The molecule has 5 nitrogen and oxygen atoms in total. The number of carbonyl (C=O) groups is 2. The Morgan fingerprint density at radius 2 is 1.31 bits per heavy atom. The maximum absolute atomic E-state index is 13.1. The molecule has 36 heavy (non-hydrogen) atoms. The zero-order valence-electron chi connectivity index (χ0n) is 25.4. The molecule has 6 heteroatoms. The van der Waals surface area contributed by atoms with Crippen molar-refractivity contribution in [3.8, 4) is 0 Å². The predicted molar refractivity (Wildman–Crippen MR) is 156 cm³/mol. The number of hydrogen-bond donors (Lipinski definition) is 1. The highest BCUT2D eigenvalue weighted by atomic mass is 28.4. The van der Waals surface area contributed by atoms with Crippen LogP contribution in [-0.2, 0) is 18.8 Å². The summed E-state index contributed by atoms with van der Waals surface area (Å²) in [4.78, 5) is 25.1. The van der Waals surface area contributed by atoms with Crippen LogP contribution in [-0.4, -0.2) is 37.9 Å². The van der Waals surface area contributed by atoms with Crippen LogP contribution in [0, 0.1) is 0 Å². The lowest BCUT2D eigenvalue weighted by Gasteiger charge is -2.40. The Morgan fingerprint density at radius 1 is 0.833 bits per heavy atom. The first kappa shape index (κ1) is 34.9. The summed E-state index contributed by atoms with van der Waals surface area (Å²) in [6, 6.07) is -0.871. The van der Waals surface area contributed by atoms with Crippen molar-refractivity contribution in [1.29, 1.82) is 0 Å². The van der Waals surface area contributed by atoms with Crippen molar-refractivity contribution >= 4 is 20.2 Å². The standard InChI is InChI=1S/C30H59NO4Si/c1-11-12-13-14-15-16-17-18-19-20-21-22-23-24-26(35-36(9,10)30(6,7)8)27(31-25(2)32)28(33)34-29(3,4)5/h23-24,26-27H,11-22H2,1-10H3,(H,31,32)/b24-23+/t26-,27+/m0/s1. The Kier molecular flexibility index (Phi) is 16.8. The minimum absolute atomic E-state index is 0.0240. The molecule has 0 unspecified atom stereocenters. The highest BCUT2D eigenvalue weighted by Crippen LogP contribution is 2.38. The predicted octanol–water partition coefficient (Wildman–Crippen LogP) is 8.48. The molecule has 1 N–H and O–H groups in total. The second-order valence-electron chi connectivity index (χ2n) is 12.8. The van der Waals surface area contributed by atoms with Gasteiger partial charge >= 0.3 is 5.97 Å². The van der Waals surface area contributed by atoms with E-state index in [9.17, 15) is 9.59 Å². The molecule has 0 aromatic carbocycles. The molecular weight excluding hydrogens is 466 g/mol. The lowest BCUT2D eigenvalue weighted by molar-refractivity contribution is -0.160. The van der Waals surface area contributed by atoms with Crippen LogP contribution in [0.4, 0.5) is 0 Å². The van der Waals surface area contributed by atoms with Gasteiger partial charge in [0.2, 0.25) is 5.91 Å². The molecule has 1 amide bonds. The Bertz CT molecular complexity index is 646. The van der Waals surface area contributed by atoms with E-state index in [1.54, 1.807) is 0 Å². The van der Waals surface area contributed by atoms with E-state index in [0.717, 1.165) is 12.8 Å². The summed E-state index contributed by atoms with van der Waals surface area (Å²) in [6.07, 6.45) is 19.0. The summed E-state index contributed by atoms with van der Waals surface area (Å²) < 4.78 is 12.3. The maximum atomic E-state index is 13.1. The third kappa shape index (κ3) is 16.6. The molecule has 212 valence electrons. The van der Waals surface area contributed by atoms with Crippen molar-refractivity contribution in [3.05, 3.63) is 12.2 Å². The molecule has 0 radical (unpaired) electrons. The minimum atomic E-state index is -2.20. The lowest BCUT2D eigenvalue weighted by Crippen LogP contribution is -2.55. The van der Waals surface area contributed by atoms with E-state index in [2.05, 4.69) is 52.2 Å². The van der Waals surface area contributed by atoms with Gasteiger partial charge in [0.25, 0.3) is 0 Å². The topological polar surface area (TPSA) is 64.6 Å². The van der Waals surface area contributed by atoms with Gasteiger partial charge in [-0.05, 0) is 51.7 Å². The fraction of sp³-hybridized carbons (Fsp3) is 0.867. The third-order valence-corrected chi connectivity index (χ3v) is 11.4. The second-order valence-corrected chi connectivity index (χ2v) is 17.6. The number of amides is 1. The first-order valence-corrected chi connectivity index (χ1v) is 17.4. The third-order valence-electron chi connectivity index (χ3n) is 6.89. The first-order valence-electron chi connectivity index (χ1n) is 14.4. The van der Waals surface area contributed by atoms with E-state index in [-0.39, 0.29) is 10.9 Å². The molecule has 0 saturated carbocycles. The van der Waals surface area contributed by atoms with E-state index in [4.69, 9.17) is 9.16 Å². The first-order chi connectivity index (χ1) is 16.6. The zero-order valence-corrected chi connectivity index (χ0v) is 26.4. The number of esters is 1. The Hall–Kier alpha value is -1.14. The summed E-state index contributed by atoms with van der Waals surface area (Å²) in [5.41, 5.74) is -0.644. The van der Waals surface area contributed by atoms with Crippen molar-refractivity contribution in [2.75, 3.05) is 0 Å². The minimum Gasteiger partial charge on any atom is -0.458 e. The van der Waals surface area contributed by atoms with Crippen LogP contribution in [0.1, 0.15) is 132 Å². The molecular formula is C30H59NO4Si. The summed E-state index contributed by atoms with van der Waals surface area (Å²) in [6.45, 7) is 20.0. The molecule has 2 atom stereocenters. The average molecular weight is 526 g/mol. The van der Waals surface area contributed by atoms with Crippen LogP contribution in [0.25, 0.3) is 0 Å². The molecule has 0 fully saturated rings. The van der Waals surface area contributed by atoms with Crippen LogP contribution >= 0.6 is 0 Å². The quantitative estimate of drug-likeness (QED) is 0.0843. The molecule has 0 aromatic heterocycles. The van der Waals surface area contributed by atoms with Gasteiger partial charge in [-0.1, -0.05) is 104 Å². The molecule has 0 aliphatic rings. The van der Waals surface area contributed by atoms with Gasteiger partial charge in [0.05, 0.1) is 6.10 Å². The van der Waals surface area contributed by atoms with Crippen molar-refractivity contribution in [3.63, 3.8) is 0 Å². The lowest BCUT2D eigenvalue weighted by atomic mass is 10.0. The van der Waals surface area contributed by atoms with Crippen LogP contribution < -0.4 is 5.32 Å². The normalized spacial score (nSPS) is 14.6. The summed E-state index contributed by atoms with van der Waals surface area (Å²) >= 11 is 0. The maximum Gasteiger partial charge on any atom is 0.332 e. The molecule has 0 heterocycles. The van der Waals surface area contributed by atoms with Gasteiger partial charge in [-0.2, -0.15) is 0 Å². The largest absolute Gasteiger partial charge is 0.458 e. The van der Waals surface area contributed by atoms with Gasteiger partial charge in [-0.3, -0.25) is 4.79 Å². The second kappa shape index (κ2) is 17.4. The van der Waals surface area contributed by atoms with Gasteiger partial charge in [-0.15, -0.1) is 0 Å². The molecule has 0 rings (SSSR count). The van der Waals surface area contributed by atoms with E-state index in [0.29, 0.717) is 0 Å². The SMILES string of the molecule is CCCCCCCCCCCCC/C=C/[C@H](O[Si](C)(C)C(C)(C)C)[C@@H](NC(C)=O)C(=O)OC(C)(C)C. The number of unbranched alkanes of at least 4 members (excludes halogenated alkanes) is 11. The monoisotopic (exact) mass is 525 g/mol. The molecule has 0 bridgehead atoms.